The Morgan fingerprint density at radius 2 is 1.59 bits per heavy atom. The van der Waals surface area contributed by atoms with E-state index in [1.807, 2.05) is 58.9 Å². The maximum absolute atomic E-state index is 12.9. The number of likely N-dealkylation sites (tertiary alicyclic amines) is 1. The SMILES string of the molecule is Cc1cc(-c2ncnc3[nH]c(-c4ccc(C5CCN(CC6CCN(c7ccc(N8CCC(=O)NC8=O)cc7)CC6)CC5)cc4)cc23)ccc1[C@@H](C)NC(=O)c1nc(C(C)(C)C)no1. The Morgan fingerprint density at radius 1 is 0.873 bits per heavy atom. The van der Waals surface area contributed by atoms with Crippen molar-refractivity contribution in [2.45, 2.75) is 84.1 Å². The number of amides is 4. The normalized spacial score (nSPS) is 17.6. The van der Waals surface area contributed by atoms with Gasteiger partial charge >= 0.3 is 17.8 Å². The molecule has 4 amide bonds. The van der Waals surface area contributed by atoms with Crippen LogP contribution in [0.25, 0.3) is 33.5 Å². The molecule has 63 heavy (non-hydrogen) atoms. The molecule has 3 saturated heterocycles. The Kier molecular flexibility index (Phi) is 11.6. The van der Waals surface area contributed by atoms with Crippen molar-refractivity contribution in [3.63, 3.8) is 0 Å². The summed E-state index contributed by atoms with van der Waals surface area (Å²) >= 11 is 0. The number of carbonyl (C=O) groups is 3. The van der Waals surface area contributed by atoms with Gasteiger partial charge < -0.3 is 24.6 Å². The number of fused-ring (bicyclic) bond motifs is 1. The molecule has 14 nitrogen and oxygen atoms in total. The van der Waals surface area contributed by atoms with Gasteiger partial charge in [-0.3, -0.25) is 19.8 Å². The van der Waals surface area contributed by atoms with Crippen molar-refractivity contribution < 1.29 is 18.9 Å². The molecule has 3 aromatic carbocycles. The molecular formula is C49H56N10O4. The van der Waals surface area contributed by atoms with E-state index in [4.69, 9.17) is 9.51 Å². The van der Waals surface area contributed by atoms with E-state index in [1.54, 1.807) is 11.2 Å². The number of aryl methyl sites for hydroxylation is 1. The van der Waals surface area contributed by atoms with Crippen LogP contribution in [0.4, 0.5) is 16.2 Å². The number of hydrogen-bond donors (Lipinski definition) is 3. The average molecular weight is 849 g/mol. The molecule has 326 valence electrons. The number of aromatic nitrogens is 5. The summed E-state index contributed by atoms with van der Waals surface area (Å²) in [6.07, 6.45) is 6.61. The molecule has 0 radical (unpaired) electrons. The van der Waals surface area contributed by atoms with Crippen molar-refractivity contribution in [2.24, 2.45) is 5.92 Å². The minimum atomic E-state index is -0.403. The molecule has 3 fully saturated rings. The zero-order valence-corrected chi connectivity index (χ0v) is 36.8. The van der Waals surface area contributed by atoms with Gasteiger partial charge in [-0.15, -0.1) is 0 Å². The van der Waals surface area contributed by atoms with Crippen molar-refractivity contribution in [1.82, 2.24) is 40.6 Å². The number of rotatable bonds is 10. The monoisotopic (exact) mass is 848 g/mol. The third-order valence-electron chi connectivity index (χ3n) is 13.1. The van der Waals surface area contributed by atoms with Gasteiger partial charge in [0.25, 0.3) is 0 Å². The standard InChI is InChI=1S/C49H56N10O4/c1-30-26-36(10-15-39(30)31(2)52-45(61)46-55-47(56-63-46)49(3,4)5)43-40-27-41(53-44(40)51-29-50-43)35-8-6-33(7-9-35)34-18-21-57(22-19-34)28-32-16-23-58(24-17-32)37-11-13-38(14-12-37)59-25-20-42(60)54-48(59)62/h6-15,26-27,29,31-32,34H,16-25,28H2,1-5H3,(H,52,61)(H,50,51,53)(H,54,60,62)/t31-/m1/s1. The molecule has 14 heteroatoms. The van der Waals surface area contributed by atoms with Crippen LogP contribution in [0.15, 0.2) is 83.6 Å². The largest absolute Gasteiger partial charge is 0.372 e. The Bertz CT molecular complexity index is 2610. The lowest BCUT2D eigenvalue weighted by Crippen LogP contribution is -2.49. The van der Waals surface area contributed by atoms with E-state index < -0.39 is 5.91 Å². The number of nitrogens with one attached hydrogen (secondary N) is 3. The van der Waals surface area contributed by atoms with Gasteiger partial charge in [0, 0.05) is 66.0 Å². The number of piperidine rings is 2. The molecule has 0 unspecified atom stereocenters. The number of H-pyrrole nitrogens is 1. The number of nitrogens with zero attached hydrogens (tertiary/aromatic N) is 7. The lowest BCUT2D eigenvalue weighted by Gasteiger charge is -2.38. The highest BCUT2D eigenvalue weighted by atomic mass is 16.5. The van der Waals surface area contributed by atoms with Crippen molar-refractivity contribution >= 4 is 40.3 Å². The molecule has 0 saturated carbocycles. The molecule has 1 atom stereocenters. The van der Waals surface area contributed by atoms with Crippen molar-refractivity contribution in [3.05, 3.63) is 108 Å². The lowest BCUT2D eigenvalue weighted by atomic mass is 9.87. The first kappa shape index (κ1) is 41.9. The quantitative estimate of drug-likeness (QED) is 0.122. The minimum absolute atomic E-state index is 0.0431. The predicted octanol–water partition coefficient (Wildman–Crippen LogP) is 8.31. The maximum atomic E-state index is 12.9. The fourth-order valence-electron chi connectivity index (χ4n) is 9.37. The van der Waals surface area contributed by atoms with Crippen LogP contribution in [0.2, 0.25) is 0 Å². The fourth-order valence-corrected chi connectivity index (χ4v) is 9.37. The number of imide groups is 1. The van der Waals surface area contributed by atoms with Gasteiger partial charge in [0.05, 0.1) is 11.7 Å². The minimum Gasteiger partial charge on any atom is -0.372 e. The van der Waals surface area contributed by atoms with Gasteiger partial charge in [-0.2, -0.15) is 4.98 Å². The van der Waals surface area contributed by atoms with E-state index in [1.165, 1.54) is 36.9 Å². The molecular weight excluding hydrogens is 793 g/mol. The van der Waals surface area contributed by atoms with E-state index >= 15 is 0 Å². The summed E-state index contributed by atoms with van der Waals surface area (Å²) in [4.78, 5) is 60.6. The molecule has 3 aliphatic rings. The molecule has 3 N–H and O–H groups in total. The smallest absolute Gasteiger partial charge is 0.328 e. The Hall–Kier alpha value is -6.41. The van der Waals surface area contributed by atoms with Crippen LogP contribution in [0.1, 0.15) is 105 Å². The van der Waals surface area contributed by atoms with Crippen LogP contribution in [0, 0.1) is 12.8 Å². The van der Waals surface area contributed by atoms with Crippen LogP contribution in [-0.2, 0) is 10.2 Å². The predicted molar refractivity (Wildman–Crippen MR) is 244 cm³/mol. The summed E-state index contributed by atoms with van der Waals surface area (Å²) < 4.78 is 5.25. The van der Waals surface area contributed by atoms with Crippen molar-refractivity contribution in [2.75, 3.05) is 49.1 Å². The van der Waals surface area contributed by atoms with Gasteiger partial charge in [-0.05, 0) is 123 Å². The average Bonchev–Trinajstić information content (AvgIpc) is 3.97. The molecule has 3 aliphatic heterocycles. The number of aromatic amines is 1. The van der Waals surface area contributed by atoms with Crippen molar-refractivity contribution in [3.8, 4) is 22.5 Å². The van der Waals surface area contributed by atoms with Crippen LogP contribution < -0.4 is 20.4 Å². The van der Waals surface area contributed by atoms with Crippen LogP contribution in [-0.4, -0.2) is 87.1 Å². The van der Waals surface area contributed by atoms with Gasteiger partial charge in [-0.1, -0.05) is 62.3 Å². The highest BCUT2D eigenvalue weighted by molar-refractivity contribution is 6.05. The number of hydrogen-bond acceptors (Lipinski definition) is 10. The van der Waals surface area contributed by atoms with Gasteiger partial charge in [-0.25, -0.2) is 14.8 Å². The molecule has 0 spiro atoms. The van der Waals surface area contributed by atoms with Crippen molar-refractivity contribution in [1.29, 1.82) is 0 Å². The third kappa shape index (κ3) is 9.08. The van der Waals surface area contributed by atoms with Crippen LogP contribution >= 0.6 is 0 Å². The van der Waals surface area contributed by atoms with Gasteiger partial charge in [0.2, 0.25) is 5.91 Å². The highest BCUT2D eigenvalue weighted by Crippen LogP contribution is 2.35. The summed E-state index contributed by atoms with van der Waals surface area (Å²) in [7, 11) is 0. The molecule has 9 rings (SSSR count). The third-order valence-corrected chi connectivity index (χ3v) is 13.1. The number of anilines is 2. The van der Waals surface area contributed by atoms with Gasteiger partial charge in [0.1, 0.15) is 12.0 Å². The Balaban J connectivity index is 0.768. The fraction of sp³-hybridized carbons (Fsp3) is 0.408. The first-order chi connectivity index (χ1) is 30.4. The molecule has 0 aliphatic carbocycles. The maximum Gasteiger partial charge on any atom is 0.328 e. The second-order valence-corrected chi connectivity index (χ2v) is 18.5. The topological polar surface area (TPSA) is 165 Å². The van der Waals surface area contributed by atoms with Gasteiger partial charge in [0.15, 0.2) is 5.82 Å². The van der Waals surface area contributed by atoms with E-state index in [9.17, 15) is 14.4 Å². The van der Waals surface area contributed by atoms with E-state index in [0.29, 0.717) is 30.6 Å². The molecule has 0 bridgehead atoms. The van der Waals surface area contributed by atoms with E-state index in [0.717, 1.165) is 83.1 Å². The summed E-state index contributed by atoms with van der Waals surface area (Å²) in [5.41, 5.74) is 9.82. The first-order valence-electron chi connectivity index (χ1n) is 22.2. The van der Waals surface area contributed by atoms with Crippen LogP contribution in [0.3, 0.4) is 0 Å². The molecule has 6 heterocycles. The molecule has 3 aromatic heterocycles. The number of carbonyl (C=O) groups excluding carboxylic acids is 3. The summed E-state index contributed by atoms with van der Waals surface area (Å²) in [5.74, 6) is 1.08. The summed E-state index contributed by atoms with van der Waals surface area (Å²) in [5, 5.41) is 10.3. The van der Waals surface area contributed by atoms with E-state index in [-0.39, 0.29) is 29.3 Å². The van der Waals surface area contributed by atoms with E-state index in [2.05, 4.69) is 89.1 Å². The molecule has 6 aromatic rings. The zero-order valence-electron chi connectivity index (χ0n) is 36.8. The Morgan fingerprint density at radius 3 is 2.27 bits per heavy atom. The summed E-state index contributed by atoms with van der Waals surface area (Å²) in [6.45, 7) is 15.8. The highest BCUT2D eigenvalue weighted by Gasteiger charge is 2.28. The second kappa shape index (κ2) is 17.4. The zero-order chi connectivity index (χ0) is 43.8. The number of urea groups is 1. The second-order valence-electron chi connectivity index (χ2n) is 18.5. The Labute approximate surface area is 367 Å². The number of benzene rings is 3. The lowest BCUT2D eigenvalue weighted by molar-refractivity contribution is -0.120. The van der Waals surface area contributed by atoms with Crippen LogP contribution in [0.5, 0.6) is 0 Å². The summed E-state index contributed by atoms with van der Waals surface area (Å²) in [6, 6.07) is 24.9. The first-order valence-corrected chi connectivity index (χ1v) is 22.2.